The van der Waals surface area contributed by atoms with Gasteiger partial charge in [-0.2, -0.15) is 13.2 Å². The Morgan fingerprint density at radius 2 is 2.00 bits per heavy atom. The van der Waals surface area contributed by atoms with Gasteiger partial charge in [0.05, 0.1) is 0 Å². The first kappa shape index (κ1) is 11.5. The Kier molecular flexibility index (Phi) is 3.51. The molecule has 0 aliphatic rings. The predicted molar refractivity (Wildman–Crippen MR) is 48.6 cm³/mol. The fourth-order valence-electron chi connectivity index (χ4n) is 0.749. The lowest BCUT2D eigenvalue weighted by Crippen LogP contribution is -2.09. The number of alkyl halides is 4. The summed E-state index contributed by atoms with van der Waals surface area (Å²) in [6.45, 7) is -1.20. The molecule has 1 heterocycles. The summed E-state index contributed by atoms with van der Waals surface area (Å²) < 4.78 is 52.7. The van der Waals surface area contributed by atoms with Gasteiger partial charge < -0.3 is 4.74 Å². The summed E-state index contributed by atoms with van der Waals surface area (Å²) in [5.41, 5.74) is -1.09. The zero-order valence-electron chi connectivity index (χ0n) is 6.61. The number of nitrogens with zero attached hydrogens (tertiary/aromatic N) is 1. The Morgan fingerprint density at radius 3 is 2.50 bits per heavy atom. The molecular weight excluding hydrogens is 317 g/mol. The number of halogens is 5. The van der Waals surface area contributed by atoms with Crippen LogP contribution in [0.3, 0.4) is 0 Å². The van der Waals surface area contributed by atoms with Crippen molar-refractivity contribution < 1.29 is 22.3 Å². The lowest BCUT2D eigenvalue weighted by Gasteiger charge is -2.08. The summed E-state index contributed by atoms with van der Waals surface area (Å²) in [5, 5.41) is 0. The molecule has 0 spiro atoms. The number of ether oxygens (including phenoxy) is 1. The van der Waals surface area contributed by atoms with E-state index in [1.54, 1.807) is 22.6 Å². The van der Waals surface area contributed by atoms with Gasteiger partial charge in [0.2, 0.25) is 12.7 Å². The van der Waals surface area contributed by atoms with Crippen molar-refractivity contribution in [1.29, 1.82) is 0 Å². The highest BCUT2D eigenvalue weighted by Gasteiger charge is 2.33. The summed E-state index contributed by atoms with van der Waals surface area (Å²) in [7, 11) is 0. The number of aromatic nitrogens is 1. The normalized spacial score (nSPS) is 11.5. The van der Waals surface area contributed by atoms with Gasteiger partial charge in [0.25, 0.3) is 0 Å². The van der Waals surface area contributed by atoms with Crippen LogP contribution < -0.4 is 4.74 Å². The van der Waals surface area contributed by atoms with Gasteiger partial charge in [-0.3, -0.25) is 0 Å². The second-order valence-electron chi connectivity index (χ2n) is 2.26. The van der Waals surface area contributed by atoms with Crippen molar-refractivity contribution in [3.05, 3.63) is 21.4 Å². The molecule has 0 radical (unpaired) electrons. The number of hydrogen-bond donors (Lipinski definition) is 0. The summed E-state index contributed by atoms with van der Waals surface area (Å²) >= 11 is 1.67. The van der Waals surface area contributed by atoms with Gasteiger partial charge in [0.1, 0.15) is 5.69 Å². The van der Waals surface area contributed by atoms with Crippen molar-refractivity contribution in [3.63, 3.8) is 0 Å². The molecule has 0 amide bonds. The fraction of sp³-hybridized carbons (Fsp3) is 0.286. The molecule has 14 heavy (non-hydrogen) atoms. The monoisotopic (exact) mass is 321 g/mol. The Labute approximate surface area is 90.4 Å². The highest BCUT2D eigenvalue weighted by molar-refractivity contribution is 14.1. The molecule has 2 nitrogen and oxygen atoms in total. The van der Waals surface area contributed by atoms with Crippen LogP contribution >= 0.6 is 22.6 Å². The minimum Gasteiger partial charge on any atom is -0.446 e. The first-order chi connectivity index (χ1) is 6.43. The van der Waals surface area contributed by atoms with Crippen LogP contribution in [0.25, 0.3) is 0 Å². The number of hydrogen-bond acceptors (Lipinski definition) is 2. The molecule has 0 fully saturated rings. The highest BCUT2D eigenvalue weighted by atomic mass is 127. The average Bonchev–Trinajstić information content (AvgIpc) is 2.02. The number of rotatable bonds is 2. The van der Waals surface area contributed by atoms with Crippen LogP contribution in [-0.4, -0.2) is 11.8 Å². The van der Waals surface area contributed by atoms with E-state index in [9.17, 15) is 17.6 Å². The third kappa shape index (κ3) is 2.96. The van der Waals surface area contributed by atoms with Crippen molar-refractivity contribution in [2.45, 2.75) is 6.18 Å². The molecule has 78 valence electrons. The Balaban J connectivity index is 3.07. The summed E-state index contributed by atoms with van der Waals surface area (Å²) in [6.07, 6.45) is -4.55. The van der Waals surface area contributed by atoms with Crippen LogP contribution in [0.5, 0.6) is 5.88 Å². The van der Waals surface area contributed by atoms with Crippen LogP contribution in [0.1, 0.15) is 5.69 Å². The molecule has 0 aliphatic heterocycles. The maximum atomic E-state index is 12.2. The van der Waals surface area contributed by atoms with Crippen LogP contribution in [0, 0.1) is 3.57 Å². The Hall–Kier alpha value is -0.600. The van der Waals surface area contributed by atoms with Crippen molar-refractivity contribution in [2.75, 3.05) is 6.86 Å². The van der Waals surface area contributed by atoms with Crippen LogP contribution in [-0.2, 0) is 6.18 Å². The van der Waals surface area contributed by atoms with Gasteiger partial charge in [0.15, 0.2) is 0 Å². The molecule has 0 N–H and O–H groups in total. The smallest absolute Gasteiger partial charge is 0.433 e. The summed E-state index contributed by atoms with van der Waals surface area (Å²) in [5.74, 6) is -0.369. The first-order valence-corrected chi connectivity index (χ1v) is 4.45. The second-order valence-corrected chi connectivity index (χ2v) is 3.51. The average molecular weight is 321 g/mol. The topological polar surface area (TPSA) is 22.1 Å². The molecule has 0 bridgehead atoms. The third-order valence-corrected chi connectivity index (χ3v) is 1.88. The molecule has 0 atom stereocenters. The minimum atomic E-state index is -4.55. The van der Waals surface area contributed by atoms with Crippen molar-refractivity contribution in [3.8, 4) is 5.88 Å². The quantitative estimate of drug-likeness (QED) is 0.617. The maximum absolute atomic E-state index is 12.2. The van der Waals surface area contributed by atoms with Gasteiger partial charge in [-0.1, -0.05) is 0 Å². The molecule has 0 unspecified atom stereocenters. The van der Waals surface area contributed by atoms with Gasteiger partial charge in [0, 0.05) is 9.64 Å². The van der Waals surface area contributed by atoms with E-state index < -0.39 is 18.7 Å². The molecule has 0 saturated heterocycles. The van der Waals surface area contributed by atoms with Gasteiger partial charge in [-0.25, -0.2) is 9.37 Å². The molecule has 7 heteroatoms. The zero-order chi connectivity index (χ0) is 10.8. The van der Waals surface area contributed by atoms with Crippen LogP contribution in [0.15, 0.2) is 12.1 Å². The van der Waals surface area contributed by atoms with E-state index in [2.05, 4.69) is 9.72 Å². The summed E-state index contributed by atoms with van der Waals surface area (Å²) in [4.78, 5) is 3.10. The van der Waals surface area contributed by atoms with E-state index in [0.717, 1.165) is 6.07 Å². The van der Waals surface area contributed by atoms with Gasteiger partial charge in [-0.15, -0.1) is 0 Å². The van der Waals surface area contributed by atoms with E-state index in [0.29, 0.717) is 0 Å². The van der Waals surface area contributed by atoms with Crippen LogP contribution in [0.2, 0.25) is 0 Å². The molecule has 0 aromatic carbocycles. The molecule has 1 aromatic rings. The van der Waals surface area contributed by atoms with Crippen LogP contribution in [0.4, 0.5) is 17.6 Å². The van der Waals surface area contributed by atoms with E-state index >= 15 is 0 Å². The van der Waals surface area contributed by atoms with Gasteiger partial charge in [-0.05, 0) is 28.7 Å². The third-order valence-electron chi connectivity index (χ3n) is 1.26. The van der Waals surface area contributed by atoms with E-state index in [4.69, 9.17) is 0 Å². The minimum absolute atomic E-state index is 0.286. The zero-order valence-corrected chi connectivity index (χ0v) is 8.76. The standard InChI is InChI=1S/C7H4F4INO/c8-3-14-6-2-4(12)1-5(13-6)7(9,10)11/h1-2H,3H2. The first-order valence-electron chi connectivity index (χ1n) is 3.37. The SMILES string of the molecule is FCOc1cc(I)cc(C(F)(F)F)n1. The lowest BCUT2D eigenvalue weighted by molar-refractivity contribution is -0.141. The van der Waals surface area contributed by atoms with E-state index in [1.165, 1.54) is 6.07 Å². The highest BCUT2D eigenvalue weighted by Crippen LogP contribution is 2.30. The molecule has 1 aromatic heterocycles. The Bertz CT molecular complexity index is 328. The van der Waals surface area contributed by atoms with E-state index in [1.807, 2.05) is 0 Å². The largest absolute Gasteiger partial charge is 0.446 e. The summed E-state index contributed by atoms with van der Waals surface area (Å²) in [6, 6.07) is 2.07. The Morgan fingerprint density at radius 1 is 1.36 bits per heavy atom. The molecule has 1 rings (SSSR count). The van der Waals surface area contributed by atoms with E-state index in [-0.39, 0.29) is 9.45 Å². The maximum Gasteiger partial charge on any atom is 0.433 e. The van der Waals surface area contributed by atoms with Crippen molar-refractivity contribution in [2.24, 2.45) is 0 Å². The fourth-order valence-corrected chi connectivity index (χ4v) is 1.31. The molecule has 0 aliphatic carbocycles. The second kappa shape index (κ2) is 4.28. The lowest BCUT2D eigenvalue weighted by atomic mass is 10.3. The van der Waals surface area contributed by atoms with Gasteiger partial charge >= 0.3 is 6.18 Å². The molecule has 0 saturated carbocycles. The van der Waals surface area contributed by atoms with Crippen molar-refractivity contribution in [1.82, 2.24) is 4.98 Å². The van der Waals surface area contributed by atoms with Crippen molar-refractivity contribution >= 4 is 22.6 Å². The number of pyridine rings is 1. The molecular formula is C7H4F4INO. The predicted octanol–water partition coefficient (Wildman–Crippen LogP) is 3.01.